The van der Waals surface area contributed by atoms with Crippen molar-refractivity contribution in [2.24, 2.45) is 4.99 Å². The summed E-state index contributed by atoms with van der Waals surface area (Å²) in [5, 5.41) is 16.3. The first kappa shape index (κ1) is 23.1. The molecular weight excluding hydrogens is 348 g/mol. The SMILES string of the molecule is CC.CC.COc1ccc2c(c1)C(c1ccc(C)cc1)=NCC(=N)N2C(C)=N. The summed E-state index contributed by atoms with van der Waals surface area (Å²) in [7, 11) is 1.63. The highest BCUT2D eigenvalue weighted by atomic mass is 16.5. The van der Waals surface area contributed by atoms with Crippen LogP contribution >= 0.6 is 0 Å². The molecule has 3 rings (SSSR count). The summed E-state index contributed by atoms with van der Waals surface area (Å²) >= 11 is 0. The number of aliphatic imine (C=N–C) groups is 1. The number of fused-ring (bicyclic) bond motifs is 1. The second-order valence-electron chi connectivity index (χ2n) is 5.78. The van der Waals surface area contributed by atoms with Crippen molar-refractivity contribution in [3.05, 3.63) is 59.2 Å². The third-order valence-corrected chi connectivity index (χ3v) is 4.02. The number of amidine groups is 2. The van der Waals surface area contributed by atoms with Gasteiger partial charge in [0.15, 0.2) is 0 Å². The van der Waals surface area contributed by atoms with Crippen LogP contribution < -0.4 is 9.64 Å². The molecule has 0 radical (unpaired) electrons. The highest BCUT2D eigenvalue weighted by molar-refractivity contribution is 6.25. The Kier molecular flexibility index (Phi) is 9.09. The number of nitrogens with one attached hydrogen (secondary N) is 2. The van der Waals surface area contributed by atoms with E-state index < -0.39 is 0 Å². The molecule has 1 aliphatic rings. The maximum Gasteiger partial charge on any atom is 0.128 e. The van der Waals surface area contributed by atoms with Crippen LogP contribution in [-0.2, 0) is 0 Å². The lowest BCUT2D eigenvalue weighted by atomic mass is 9.99. The molecule has 28 heavy (non-hydrogen) atoms. The largest absolute Gasteiger partial charge is 0.497 e. The van der Waals surface area contributed by atoms with Gasteiger partial charge in [-0.05, 0) is 32.0 Å². The summed E-state index contributed by atoms with van der Waals surface area (Å²) in [5.74, 6) is 1.31. The van der Waals surface area contributed by atoms with E-state index in [1.165, 1.54) is 5.56 Å². The van der Waals surface area contributed by atoms with Crippen LogP contribution in [0.3, 0.4) is 0 Å². The second-order valence-corrected chi connectivity index (χ2v) is 5.78. The van der Waals surface area contributed by atoms with Crippen LogP contribution in [0.15, 0.2) is 47.5 Å². The van der Waals surface area contributed by atoms with E-state index in [-0.39, 0.29) is 12.4 Å². The van der Waals surface area contributed by atoms with Gasteiger partial charge in [-0.3, -0.25) is 20.7 Å². The summed E-state index contributed by atoms with van der Waals surface area (Å²) < 4.78 is 5.37. The summed E-state index contributed by atoms with van der Waals surface area (Å²) in [4.78, 5) is 6.28. The zero-order valence-corrected chi connectivity index (χ0v) is 18.1. The van der Waals surface area contributed by atoms with Crippen LogP contribution in [0.1, 0.15) is 51.3 Å². The minimum atomic E-state index is 0.233. The third kappa shape index (κ3) is 5.06. The highest BCUT2D eigenvalue weighted by Gasteiger charge is 2.24. The highest BCUT2D eigenvalue weighted by Crippen LogP contribution is 2.30. The predicted octanol–water partition coefficient (Wildman–Crippen LogP) is 5.69. The van der Waals surface area contributed by atoms with Crippen LogP contribution in [0.25, 0.3) is 0 Å². The van der Waals surface area contributed by atoms with Crippen molar-refractivity contribution in [1.29, 1.82) is 10.8 Å². The Morgan fingerprint density at radius 3 is 2.18 bits per heavy atom. The molecular formula is C23H32N4O. The zero-order chi connectivity index (χ0) is 21.3. The number of methoxy groups -OCH3 is 1. The molecule has 2 aromatic carbocycles. The molecule has 2 aromatic rings. The molecule has 0 saturated carbocycles. The third-order valence-electron chi connectivity index (χ3n) is 4.02. The molecule has 1 aliphatic heterocycles. The van der Waals surface area contributed by atoms with Crippen LogP contribution in [0, 0.1) is 17.7 Å². The number of benzene rings is 2. The maximum absolute atomic E-state index is 8.28. The second kappa shape index (κ2) is 11.0. The fourth-order valence-corrected chi connectivity index (χ4v) is 2.82. The maximum atomic E-state index is 8.28. The van der Waals surface area contributed by atoms with Crippen molar-refractivity contribution in [2.75, 3.05) is 18.6 Å². The standard InChI is InChI=1S/C19H20N4O.2C2H6/c1-12-4-6-14(7-5-12)19-16-10-15(24-3)8-9-17(16)23(13(2)20)18(21)11-22-19;2*1-2/h4-10,20-21H,11H2,1-3H3;2*1-2H3. The van der Waals surface area contributed by atoms with Gasteiger partial charge < -0.3 is 4.74 Å². The van der Waals surface area contributed by atoms with E-state index in [4.69, 9.17) is 15.6 Å². The molecule has 0 fully saturated rings. The number of benzodiazepines with no additional fused rings is 1. The number of nitrogens with zero attached hydrogens (tertiary/aromatic N) is 2. The van der Waals surface area contributed by atoms with Gasteiger partial charge in [0.2, 0.25) is 0 Å². The van der Waals surface area contributed by atoms with Gasteiger partial charge in [-0.25, -0.2) is 0 Å². The molecule has 0 unspecified atom stereocenters. The minimum Gasteiger partial charge on any atom is -0.497 e. The van der Waals surface area contributed by atoms with E-state index in [0.29, 0.717) is 5.84 Å². The van der Waals surface area contributed by atoms with E-state index in [1.807, 2.05) is 77.1 Å². The first-order chi connectivity index (χ1) is 13.5. The molecule has 0 bridgehead atoms. The Morgan fingerprint density at radius 1 is 1.04 bits per heavy atom. The Bertz CT molecular complexity index is 838. The quantitative estimate of drug-likeness (QED) is 0.519. The average Bonchev–Trinajstić information content (AvgIpc) is 2.87. The monoisotopic (exact) mass is 380 g/mol. The molecule has 0 amide bonds. The first-order valence-corrected chi connectivity index (χ1v) is 9.74. The van der Waals surface area contributed by atoms with Gasteiger partial charge in [0.05, 0.1) is 25.1 Å². The van der Waals surface area contributed by atoms with Gasteiger partial charge in [-0.1, -0.05) is 57.5 Å². The normalized spacial score (nSPS) is 12.3. The van der Waals surface area contributed by atoms with Crippen LogP contribution in [0.4, 0.5) is 5.69 Å². The number of ether oxygens (including phenoxy) is 1. The van der Waals surface area contributed by atoms with E-state index in [1.54, 1.807) is 18.9 Å². The van der Waals surface area contributed by atoms with Gasteiger partial charge in [0.25, 0.3) is 0 Å². The lowest BCUT2D eigenvalue weighted by Crippen LogP contribution is -2.35. The van der Waals surface area contributed by atoms with Crippen molar-refractivity contribution in [1.82, 2.24) is 0 Å². The molecule has 5 heteroatoms. The Labute approximate surface area is 169 Å². The van der Waals surface area contributed by atoms with Gasteiger partial charge in [-0.15, -0.1) is 0 Å². The number of anilines is 1. The summed E-state index contributed by atoms with van der Waals surface area (Å²) in [6, 6.07) is 13.8. The zero-order valence-electron chi connectivity index (χ0n) is 18.1. The van der Waals surface area contributed by atoms with Crippen molar-refractivity contribution in [2.45, 2.75) is 41.5 Å². The summed E-state index contributed by atoms with van der Waals surface area (Å²) in [6.07, 6.45) is 0. The predicted molar refractivity (Wildman–Crippen MR) is 121 cm³/mol. The van der Waals surface area contributed by atoms with Crippen molar-refractivity contribution < 1.29 is 4.74 Å². The number of aryl methyl sites for hydroxylation is 1. The van der Waals surface area contributed by atoms with Gasteiger partial charge in [0.1, 0.15) is 17.4 Å². The molecule has 150 valence electrons. The van der Waals surface area contributed by atoms with Crippen molar-refractivity contribution >= 4 is 23.1 Å². The van der Waals surface area contributed by atoms with E-state index in [0.717, 1.165) is 28.3 Å². The molecule has 0 aromatic heterocycles. The lowest BCUT2D eigenvalue weighted by Gasteiger charge is -2.24. The molecule has 0 aliphatic carbocycles. The van der Waals surface area contributed by atoms with Crippen LogP contribution in [0.2, 0.25) is 0 Å². The number of hydrogen-bond donors (Lipinski definition) is 2. The Balaban J connectivity index is 0.000000921. The molecule has 0 spiro atoms. The minimum absolute atomic E-state index is 0.233. The van der Waals surface area contributed by atoms with Gasteiger partial charge in [-0.2, -0.15) is 0 Å². The molecule has 5 nitrogen and oxygen atoms in total. The fraction of sp³-hybridized carbons (Fsp3) is 0.348. The number of rotatable bonds is 2. The lowest BCUT2D eigenvalue weighted by molar-refractivity contribution is 0.415. The Morgan fingerprint density at radius 2 is 1.64 bits per heavy atom. The molecule has 1 heterocycles. The van der Waals surface area contributed by atoms with Crippen LogP contribution in [-0.4, -0.2) is 31.0 Å². The van der Waals surface area contributed by atoms with E-state index >= 15 is 0 Å². The van der Waals surface area contributed by atoms with Gasteiger partial charge in [0, 0.05) is 11.1 Å². The molecule has 0 atom stereocenters. The van der Waals surface area contributed by atoms with E-state index in [2.05, 4.69) is 4.99 Å². The van der Waals surface area contributed by atoms with Gasteiger partial charge >= 0.3 is 0 Å². The first-order valence-electron chi connectivity index (χ1n) is 9.74. The average molecular weight is 381 g/mol. The number of hydrogen-bond acceptors (Lipinski definition) is 4. The summed E-state index contributed by atoms with van der Waals surface area (Å²) in [5.41, 5.74) is 4.64. The molecule has 0 saturated heterocycles. The van der Waals surface area contributed by atoms with Crippen LogP contribution in [0.5, 0.6) is 5.75 Å². The summed E-state index contributed by atoms with van der Waals surface area (Å²) in [6.45, 7) is 12.0. The molecule has 2 N–H and O–H groups in total. The van der Waals surface area contributed by atoms with Crippen molar-refractivity contribution in [3.8, 4) is 5.75 Å². The fourth-order valence-electron chi connectivity index (χ4n) is 2.82. The Hall–Kier alpha value is -2.95. The topological polar surface area (TPSA) is 72.5 Å². The smallest absolute Gasteiger partial charge is 0.128 e. The van der Waals surface area contributed by atoms with E-state index in [9.17, 15) is 0 Å². The van der Waals surface area contributed by atoms with Crippen molar-refractivity contribution in [3.63, 3.8) is 0 Å².